The van der Waals surface area contributed by atoms with Crippen LogP contribution in [-0.2, 0) is 6.42 Å². The molecular weight excluding hydrogens is 288 g/mol. The molecule has 1 N–H and O–H groups in total. The molecule has 2 aliphatic heterocycles. The Hall–Kier alpha value is -1.54. The zero-order valence-electron chi connectivity index (χ0n) is 13.0. The Bertz CT molecular complexity index is 563. The van der Waals surface area contributed by atoms with Crippen LogP contribution in [0.5, 0.6) is 17.2 Å². The van der Waals surface area contributed by atoms with E-state index in [1.165, 1.54) is 0 Å². The van der Waals surface area contributed by atoms with Crippen LogP contribution in [0, 0.1) is 5.21 Å². The number of hydrogen-bond donors (Lipinski definition) is 1. The zero-order valence-corrected chi connectivity index (χ0v) is 13.0. The van der Waals surface area contributed by atoms with Gasteiger partial charge in [0, 0.05) is 18.2 Å². The maximum Gasteiger partial charge on any atom is 0.231 e. The molecule has 122 valence electrons. The Morgan fingerprint density at radius 1 is 1.55 bits per heavy atom. The van der Waals surface area contributed by atoms with E-state index in [9.17, 15) is 10.4 Å². The van der Waals surface area contributed by atoms with Crippen LogP contribution < -0.4 is 14.2 Å². The second-order valence-corrected chi connectivity index (χ2v) is 5.67. The molecule has 2 atom stereocenters. The van der Waals surface area contributed by atoms with Gasteiger partial charge in [0.15, 0.2) is 11.5 Å². The normalized spacial score (nSPS) is 21.8. The van der Waals surface area contributed by atoms with Crippen molar-refractivity contribution in [1.29, 1.82) is 0 Å². The van der Waals surface area contributed by atoms with E-state index in [1.807, 2.05) is 20.0 Å². The smallest absolute Gasteiger partial charge is 0.231 e. The van der Waals surface area contributed by atoms with Crippen molar-refractivity contribution < 1.29 is 19.4 Å². The van der Waals surface area contributed by atoms with Crippen LogP contribution in [-0.4, -0.2) is 48.9 Å². The fourth-order valence-electron chi connectivity index (χ4n) is 3.45. The first-order valence-corrected chi connectivity index (χ1v) is 7.43. The van der Waals surface area contributed by atoms with Crippen LogP contribution in [0.25, 0.3) is 0 Å². The molecule has 0 bridgehead atoms. The fraction of sp³-hybridized carbons (Fsp3) is 0.600. The zero-order chi connectivity index (χ0) is 15.9. The molecule has 0 saturated heterocycles. The predicted octanol–water partition coefficient (Wildman–Crippen LogP) is 1.92. The van der Waals surface area contributed by atoms with E-state index < -0.39 is 6.04 Å². The fourth-order valence-corrected chi connectivity index (χ4v) is 3.45. The largest absolute Gasteiger partial charge is 0.762 e. The highest BCUT2D eigenvalue weighted by molar-refractivity contribution is 5.62. The molecule has 7 heteroatoms. The summed E-state index contributed by atoms with van der Waals surface area (Å²) in [6.07, 6.45) is 1.35. The minimum Gasteiger partial charge on any atom is -0.762 e. The highest BCUT2D eigenvalue weighted by Crippen LogP contribution is 2.50. The molecule has 2 unspecified atom stereocenters. The van der Waals surface area contributed by atoms with E-state index in [4.69, 9.17) is 14.2 Å². The van der Waals surface area contributed by atoms with Crippen molar-refractivity contribution in [2.24, 2.45) is 0 Å². The van der Waals surface area contributed by atoms with Gasteiger partial charge in [-0.2, -0.15) is 0 Å². The standard InChI is InChI=1S/C15H21N2O5/c1-4-10(17(18)19)13-12-9(5-6-16(13)2)7-11-14(15(12)20-3)22-8-21-11/h7,10,13,18H,4-6,8H2,1-3H3/q-1. The molecule has 1 aromatic carbocycles. The summed E-state index contributed by atoms with van der Waals surface area (Å²) in [5.74, 6) is 1.85. The molecule has 3 rings (SSSR count). The first-order valence-electron chi connectivity index (χ1n) is 7.43. The van der Waals surface area contributed by atoms with Crippen molar-refractivity contribution in [1.82, 2.24) is 10.1 Å². The summed E-state index contributed by atoms with van der Waals surface area (Å²) in [5, 5.41) is 21.2. The summed E-state index contributed by atoms with van der Waals surface area (Å²) < 4.78 is 16.6. The van der Waals surface area contributed by atoms with Gasteiger partial charge in [-0.1, -0.05) is 6.92 Å². The lowest BCUT2D eigenvalue weighted by Crippen LogP contribution is -2.44. The van der Waals surface area contributed by atoms with E-state index in [0.717, 1.165) is 24.1 Å². The monoisotopic (exact) mass is 309 g/mol. The average molecular weight is 309 g/mol. The highest BCUT2D eigenvalue weighted by Gasteiger charge is 2.37. The van der Waals surface area contributed by atoms with Crippen LogP contribution in [0.2, 0.25) is 0 Å². The molecule has 0 radical (unpaired) electrons. The molecule has 0 aliphatic carbocycles. The third kappa shape index (κ3) is 2.30. The number of methoxy groups -OCH3 is 1. The van der Waals surface area contributed by atoms with Gasteiger partial charge in [0.25, 0.3) is 0 Å². The van der Waals surface area contributed by atoms with Crippen molar-refractivity contribution >= 4 is 0 Å². The quantitative estimate of drug-likeness (QED) is 0.851. The number of hydrogen-bond acceptors (Lipinski definition) is 7. The molecular formula is C15H21N2O5-. The number of hydroxylamine groups is 2. The number of likely N-dealkylation sites (N-methyl/N-ethyl adjacent to an activating group) is 1. The maximum absolute atomic E-state index is 11.6. The van der Waals surface area contributed by atoms with Crippen molar-refractivity contribution in [3.63, 3.8) is 0 Å². The van der Waals surface area contributed by atoms with Crippen LogP contribution in [0.4, 0.5) is 0 Å². The number of rotatable bonds is 4. The molecule has 2 aliphatic rings. The van der Waals surface area contributed by atoms with E-state index in [1.54, 1.807) is 7.11 Å². The van der Waals surface area contributed by atoms with Gasteiger partial charge in [0.1, 0.15) is 0 Å². The van der Waals surface area contributed by atoms with Gasteiger partial charge in [-0.3, -0.25) is 10.1 Å². The summed E-state index contributed by atoms with van der Waals surface area (Å²) in [7, 11) is 3.53. The molecule has 0 spiro atoms. The topological polar surface area (TPSA) is 77.5 Å². The number of fused-ring (bicyclic) bond motifs is 2. The molecule has 0 amide bonds. The Morgan fingerprint density at radius 2 is 2.32 bits per heavy atom. The van der Waals surface area contributed by atoms with Crippen molar-refractivity contribution in [2.45, 2.75) is 31.8 Å². The summed E-state index contributed by atoms with van der Waals surface area (Å²) in [4.78, 5) is 2.07. The first-order chi connectivity index (χ1) is 10.6. The number of benzene rings is 1. The lowest BCUT2D eigenvalue weighted by molar-refractivity contribution is -0.105. The van der Waals surface area contributed by atoms with Crippen LogP contribution in [0.1, 0.15) is 30.5 Å². The Kier molecular flexibility index (Phi) is 4.14. The highest BCUT2D eigenvalue weighted by atomic mass is 16.8. The van der Waals surface area contributed by atoms with Gasteiger partial charge < -0.3 is 24.6 Å². The molecule has 1 aromatic rings. The lowest BCUT2D eigenvalue weighted by atomic mass is 9.86. The molecule has 0 saturated carbocycles. The number of nitrogens with zero attached hydrogens (tertiary/aromatic N) is 2. The second kappa shape index (κ2) is 5.92. The third-order valence-electron chi connectivity index (χ3n) is 4.52. The number of ether oxygens (including phenoxy) is 3. The van der Waals surface area contributed by atoms with Gasteiger partial charge in [-0.25, -0.2) is 0 Å². The molecule has 22 heavy (non-hydrogen) atoms. The van der Waals surface area contributed by atoms with Gasteiger partial charge in [0.05, 0.1) is 13.2 Å². The van der Waals surface area contributed by atoms with Crippen LogP contribution in [0.15, 0.2) is 6.07 Å². The Morgan fingerprint density at radius 3 is 2.95 bits per heavy atom. The van der Waals surface area contributed by atoms with Crippen molar-refractivity contribution in [3.05, 3.63) is 22.4 Å². The summed E-state index contributed by atoms with van der Waals surface area (Å²) in [5.41, 5.74) is 1.98. The van der Waals surface area contributed by atoms with E-state index in [2.05, 4.69) is 4.90 Å². The summed E-state index contributed by atoms with van der Waals surface area (Å²) in [6.45, 7) is 2.85. The van der Waals surface area contributed by atoms with Gasteiger partial charge in [-0.15, -0.1) is 0 Å². The second-order valence-electron chi connectivity index (χ2n) is 5.67. The van der Waals surface area contributed by atoms with Gasteiger partial charge >= 0.3 is 0 Å². The molecule has 7 nitrogen and oxygen atoms in total. The third-order valence-corrected chi connectivity index (χ3v) is 4.52. The first kappa shape index (κ1) is 15.4. The maximum atomic E-state index is 11.6. The van der Waals surface area contributed by atoms with Crippen molar-refractivity contribution in [2.75, 3.05) is 27.5 Å². The van der Waals surface area contributed by atoms with Crippen LogP contribution in [0.3, 0.4) is 0 Å². The van der Waals surface area contributed by atoms with Gasteiger partial charge in [-0.05, 0) is 31.5 Å². The van der Waals surface area contributed by atoms with E-state index in [0.29, 0.717) is 23.7 Å². The lowest BCUT2D eigenvalue weighted by Gasteiger charge is -2.44. The van der Waals surface area contributed by atoms with E-state index >= 15 is 0 Å². The summed E-state index contributed by atoms with van der Waals surface area (Å²) >= 11 is 0. The SMILES string of the molecule is CCC(C1c2c(cc3c(c2OC)OCO3)CCN1C)N([O-])O. The molecule has 0 fully saturated rings. The average Bonchev–Trinajstić information content (AvgIpc) is 2.95. The van der Waals surface area contributed by atoms with E-state index in [-0.39, 0.29) is 18.1 Å². The minimum absolute atomic E-state index is 0.0558. The Balaban J connectivity index is 2.16. The van der Waals surface area contributed by atoms with Gasteiger partial charge in [0.2, 0.25) is 12.5 Å². The summed E-state index contributed by atoms with van der Waals surface area (Å²) in [6, 6.07) is 1.12. The Labute approximate surface area is 129 Å². The van der Waals surface area contributed by atoms with Crippen LogP contribution >= 0.6 is 0 Å². The molecule has 0 aromatic heterocycles. The minimum atomic E-state index is -0.571. The predicted molar refractivity (Wildman–Crippen MR) is 79.3 cm³/mol. The van der Waals surface area contributed by atoms with Crippen molar-refractivity contribution in [3.8, 4) is 17.2 Å². The molecule has 2 heterocycles.